The summed E-state index contributed by atoms with van der Waals surface area (Å²) in [6.07, 6.45) is -0.148. The molecule has 3 rings (SSSR count). The second-order valence-corrected chi connectivity index (χ2v) is 6.02. The highest BCUT2D eigenvalue weighted by molar-refractivity contribution is 5.94. The molecule has 0 saturated heterocycles. The predicted octanol–water partition coefficient (Wildman–Crippen LogP) is 4.72. The number of aliphatic carboxylic acids is 1. The van der Waals surface area contributed by atoms with Gasteiger partial charge in [-0.1, -0.05) is 38.1 Å². The lowest BCUT2D eigenvalue weighted by Gasteiger charge is -2.07. The average molecular weight is 311 g/mol. The second-order valence-electron chi connectivity index (χ2n) is 6.02. The van der Waals surface area contributed by atoms with Crippen LogP contribution in [0.5, 0.6) is 0 Å². The van der Waals surface area contributed by atoms with Crippen molar-refractivity contribution >= 4 is 16.9 Å². The minimum Gasteiger partial charge on any atom is -0.481 e. The largest absolute Gasteiger partial charge is 0.481 e. The van der Waals surface area contributed by atoms with E-state index in [-0.39, 0.29) is 12.2 Å². The van der Waals surface area contributed by atoms with E-state index in [2.05, 4.69) is 18.8 Å². The van der Waals surface area contributed by atoms with E-state index < -0.39 is 5.97 Å². The van der Waals surface area contributed by atoms with Crippen LogP contribution in [0, 0.1) is 5.82 Å². The van der Waals surface area contributed by atoms with Crippen LogP contribution in [0.1, 0.15) is 30.9 Å². The number of hydrogen-bond acceptors (Lipinski definition) is 1. The fourth-order valence-corrected chi connectivity index (χ4v) is 2.84. The van der Waals surface area contributed by atoms with Gasteiger partial charge >= 0.3 is 5.97 Å². The molecule has 3 nitrogen and oxygen atoms in total. The molecule has 1 aromatic heterocycles. The fraction of sp³-hybridized carbons (Fsp3) is 0.211. The first-order valence-electron chi connectivity index (χ1n) is 7.58. The topological polar surface area (TPSA) is 53.1 Å². The Labute approximate surface area is 133 Å². The Hall–Kier alpha value is -2.62. The standard InChI is InChI=1S/C19H18FNO2/c1-11(2)12-3-5-13(6-4-12)19-16(10-18(22)23)15-9-14(20)7-8-17(15)21-19/h3-9,11,21H,10H2,1-2H3,(H,22,23). The van der Waals surface area contributed by atoms with Crippen LogP contribution in [-0.4, -0.2) is 16.1 Å². The normalized spacial score (nSPS) is 11.3. The fourth-order valence-electron chi connectivity index (χ4n) is 2.84. The monoisotopic (exact) mass is 311 g/mol. The zero-order valence-electron chi connectivity index (χ0n) is 13.1. The van der Waals surface area contributed by atoms with Crippen LogP contribution < -0.4 is 0 Å². The zero-order valence-corrected chi connectivity index (χ0v) is 13.1. The summed E-state index contributed by atoms with van der Waals surface area (Å²) in [7, 11) is 0. The number of halogens is 1. The molecule has 2 aromatic carbocycles. The number of aromatic amines is 1. The summed E-state index contributed by atoms with van der Waals surface area (Å²) < 4.78 is 13.5. The average Bonchev–Trinajstić information content (AvgIpc) is 2.85. The van der Waals surface area contributed by atoms with E-state index >= 15 is 0 Å². The van der Waals surface area contributed by atoms with Gasteiger partial charge < -0.3 is 10.1 Å². The first-order chi connectivity index (χ1) is 11.0. The van der Waals surface area contributed by atoms with Crippen molar-refractivity contribution in [1.82, 2.24) is 4.98 Å². The molecule has 4 heteroatoms. The number of benzene rings is 2. The number of fused-ring (bicyclic) bond motifs is 1. The van der Waals surface area contributed by atoms with Gasteiger partial charge in [-0.05, 0) is 40.8 Å². The van der Waals surface area contributed by atoms with Gasteiger partial charge in [-0.25, -0.2) is 4.39 Å². The van der Waals surface area contributed by atoms with Crippen LogP contribution >= 0.6 is 0 Å². The first-order valence-corrected chi connectivity index (χ1v) is 7.58. The van der Waals surface area contributed by atoms with Gasteiger partial charge in [0.2, 0.25) is 0 Å². The molecular weight excluding hydrogens is 293 g/mol. The summed E-state index contributed by atoms with van der Waals surface area (Å²) in [5.41, 5.74) is 4.22. The highest BCUT2D eigenvalue weighted by Gasteiger charge is 2.16. The maximum atomic E-state index is 13.5. The van der Waals surface area contributed by atoms with Gasteiger partial charge in [-0.3, -0.25) is 4.79 Å². The van der Waals surface area contributed by atoms with Crippen LogP contribution in [0.3, 0.4) is 0 Å². The van der Waals surface area contributed by atoms with E-state index in [1.807, 2.05) is 24.3 Å². The molecule has 23 heavy (non-hydrogen) atoms. The maximum absolute atomic E-state index is 13.5. The summed E-state index contributed by atoms with van der Waals surface area (Å²) >= 11 is 0. The number of aromatic nitrogens is 1. The Morgan fingerprint density at radius 2 is 1.87 bits per heavy atom. The molecule has 0 radical (unpaired) electrons. The molecule has 1 heterocycles. The first kappa shape index (κ1) is 15.3. The predicted molar refractivity (Wildman–Crippen MR) is 89.1 cm³/mol. The number of carbonyl (C=O) groups is 1. The molecule has 0 fully saturated rings. The van der Waals surface area contributed by atoms with Crippen molar-refractivity contribution < 1.29 is 14.3 Å². The summed E-state index contributed by atoms with van der Waals surface area (Å²) in [4.78, 5) is 14.4. The summed E-state index contributed by atoms with van der Waals surface area (Å²) in [6, 6.07) is 12.4. The Morgan fingerprint density at radius 1 is 1.17 bits per heavy atom. The molecule has 0 saturated carbocycles. The van der Waals surface area contributed by atoms with Gasteiger partial charge in [-0.15, -0.1) is 0 Å². The lowest BCUT2D eigenvalue weighted by Crippen LogP contribution is -2.01. The molecule has 0 atom stereocenters. The van der Waals surface area contributed by atoms with Crippen LogP contribution in [0.15, 0.2) is 42.5 Å². The van der Waals surface area contributed by atoms with Crippen LogP contribution in [-0.2, 0) is 11.2 Å². The van der Waals surface area contributed by atoms with Gasteiger partial charge in [0.05, 0.1) is 12.1 Å². The third-order valence-corrected chi connectivity index (χ3v) is 4.06. The third kappa shape index (κ3) is 2.97. The Bertz CT molecular complexity index is 863. The quantitative estimate of drug-likeness (QED) is 0.732. The Morgan fingerprint density at radius 3 is 2.48 bits per heavy atom. The summed E-state index contributed by atoms with van der Waals surface area (Å²) in [5, 5.41) is 9.82. The molecular formula is C19H18FNO2. The Balaban J connectivity index is 2.17. The SMILES string of the molecule is CC(C)c1ccc(-c2[nH]c3ccc(F)cc3c2CC(=O)O)cc1. The van der Waals surface area contributed by atoms with Gasteiger partial charge in [0.1, 0.15) is 5.82 Å². The van der Waals surface area contributed by atoms with Gasteiger partial charge in [0.15, 0.2) is 0 Å². The van der Waals surface area contributed by atoms with Crippen LogP contribution in [0.4, 0.5) is 4.39 Å². The summed E-state index contributed by atoms with van der Waals surface area (Å²) in [6.45, 7) is 4.24. The van der Waals surface area contributed by atoms with Gasteiger partial charge in [-0.2, -0.15) is 0 Å². The maximum Gasteiger partial charge on any atom is 0.307 e. The molecule has 0 unspecified atom stereocenters. The number of nitrogens with one attached hydrogen (secondary N) is 1. The molecule has 0 aliphatic heterocycles. The van der Waals surface area contributed by atoms with E-state index in [1.54, 1.807) is 6.07 Å². The van der Waals surface area contributed by atoms with E-state index in [4.69, 9.17) is 0 Å². The molecule has 0 bridgehead atoms. The van der Waals surface area contributed by atoms with Crippen molar-refractivity contribution in [2.45, 2.75) is 26.2 Å². The van der Waals surface area contributed by atoms with Crippen molar-refractivity contribution in [2.75, 3.05) is 0 Å². The van der Waals surface area contributed by atoms with Crippen LogP contribution in [0.2, 0.25) is 0 Å². The molecule has 118 valence electrons. The number of carboxylic acid groups (broad SMARTS) is 1. The third-order valence-electron chi connectivity index (χ3n) is 4.06. The highest BCUT2D eigenvalue weighted by Crippen LogP contribution is 2.32. The highest BCUT2D eigenvalue weighted by atomic mass is 19.1. The zero-order chi connectivity index (χ0) is 16.6. The van der Waals surface area contributed by atoms with E-state index in [9.17, 15) is 14.3 Å². The summed E-state index contributed by atoms with van der Waals surface area (Å²) in [5.74, 6) is -0.876. The van der Waals surface area contributed by atoms with Crippen molar-refractivity contribution in [2.24, 2.45) is 0 Å². The minimum atomic E-state index is -0.935. The minimum absolute atomic E-state index is 0.148. The lowest BCUT2D eigenvalue weighted by atomic mass is 9.98. The van der Waals surface area contributed by atoms with Crippen molar-refractivity contribution in [1.29, 1.82) is 0 Å². The molecule has 0 aliphatic carbocycles. The number of carboxylic acids is 1. The van der Waals surface area contributed by atoms with Gasteiger partial charge in [0.25, 0.3) is 0 Å². The Kier molecular flexibility index (Phi) is 3.90. The smallest absolute Gasteiger partial charge is 0.307 e. The number of rotatable bonds is 4. The molecule has 0 aliphatic rings. The van der Waals surface area contributed by atoms with Crippen molar-refractivity contribution in [3.63, 3.8) is 0 Å². The van der Waals surface area contributed by atoms with Crippen molar-refractivity contribution in [3.05, 3.63) is 59.4 Å². The van der Waals surface area contributed by atoms with Gasteiger partial charge in [0, 0.05) is 10.9 Å². The molecule has 3 aromatic rings. The van der Waals surface area contributed by atoms with E-state index in [0.717, 1.165) is 16.8 Å². The second kappa shape index (κ2) is 5.88. The van der Waals surface area contributed by atoms with E-state index in [1.165, 1.54) is 17.7 Å². The molecule has 2 N–H and O–H groups in total. The van der Waals surface area contributed by atoms with Crippen LogP contribution in [0.25, 0.3) is 22.2 Å². The molecule has 0 spiro atoms. The number of H-pyrrole nitrogens is 1. The van der Waals surface area contributed by atoms with E-state index in [0.29, 0.717) is 16.9 Å². The number of hydrogen-bond donors (Lipinski definition) is 2. The molecule has 0 amide bonds. The lowest BCUT2D eigenvalue weighted by molar-refractivity contribution is -0.136. The van der Waals surface area contributed by atoms with Crippen molar-refractivity contribution in [3.8, 4) is 11.3 Å².